The largest absolute Gasteiger partial charge is 0.366 e. The third-order valence-corrected chi connectivity index (χ3v) is 4.27. The van der Waals surface area contributed by atoms with E-state index in [0.29, 0.717) is 11.4 Å². The molecule has 2 heterocycles. The second-order valence-electron chi connectivity index (χ2n) is 6.06. The molecule has 0 aliphatic carbocycles. The molecule has 27 heavy (non-hydrogen) atoms. The van der Waals surface area contributed by atoms with Gasteiger partial charge in [-0.2, -0.15) is 0 Å². The molecule has 2 amide bonds. The molecule has 6 heteroatoms. The second kappa shape index (κ2) is 6.76. The Morgan fingerprint density at radius 2 is 1.78 bits per heavy atom. The maximum atomic E-state index is 12.2. The minimum Gasteiger partial charge on any atom is -0.366 e. The molecule has 132 valence electrons. The summed E-state index contributed by atoms with van der Waals surface area (Å²) in [6.45, 7) is 0. The van der Waals surface area contributed by atoms with Crippen LogP contribution in [0.4, 0.5) is 5.69 Å². The SMILES string of the molecule is NC(=O)c1ccccc1NC(=O)/C=C/c1cc2c(cn1)[nH]c1ccccc12. The van der Waals surface area contributed by atoms with Gasteiger partial charge in [-0.1, -0.05) is 30.3 Å². The van der Waals surface area contributed by atoms with Crippen LogP contribution in [0.1, 0.15) is 16.1 Å². The summed E-state index contributed by atoms with van der Waals surface area (Å²) in [6.07, 6.45) is 4.75. The summed E-state index contributed by atoms with van der Waals surface area (Å²) in [4.78, 5) is 31.3. The zero-order valence-corrected chi connectivity index (χ0v) is 14.3. The standard InChI is InChI=1S/C21H16N4O2/c22-21(27)15-6-2-4-8-18(15)25-20(26)10-9-13-11-16-14-5-1-3-7-17(14)24-19(16)12-23-13/h1-12,24H,(H2,22,27)(H,25,26)/b10-9+. The molecule has 0 radical (unpaired) electrons. The molecule has 0 fully saturated rings. The van der Waals surface area contributed by atoms with E-state index in [0.717, 1.165) is 21.8 Å². The lowest BCUT2D eigenvalue weighted by molar-refractivity contribution is -0.111. The number of nitrogens with zero attached hydrogens (tertiary/aromatic N) is 1. The number of nitrogens with one attached hydrogen (secondary N) is 2. The van der Waals surface area contributed by atoms with Crippen molar-refractivity contribution in [2.24, 2.45) is 5.73 Å². The van der Waals surface area contributed by atoms with E-state index in [1.54, 1.807) is 36.5 Å². The van der Waals surface area contributed by atoms with Gasteiger partial charge in [0.15, 0.2) is 0 Å². The first-order valence-corrected chi connectivity index (χ1v) is 8.36. The van der Waals surface area contributed by atoms with Crippen molar-refractivity contribution in [2.75, 3.05) is 5.32 Å². The Labute approximate surface area is 154 Å². The van der Waals surface area contributed by atoms with Crippen LogP contribution in [0.2, 0.25) is 0 Å². The Kier molecular flexibility index (Phi) is 4.14. The number of nitrogens with two attached hydrogens (primary N) is 1. The summed E-state index contributed by atoms with van der Waals surface area (Å²) in [5, 5.41) is 4.81. The lowest BCUT2D eigenvalue weighted by Crippen LogP contribution is -2.16. The number of carbonyl (C=O) groups excluding carboxylic acids is 2. The molecule has 0 saturated carbocycles. The van der Waals surface area contributed by atoms with Crippen LogP contribution in [0.5, 0.6) is 0 Å². The van der Waals surface area contributed by atoms with Crippen molar-refractivity contribution in [3.05, 3.63) is 78.1 Å². The molecule has 2 aromatic heterocycles. The molecular formula is C21H16N4O2. The van der Waals surface area contributed by atoms with E-state index in [1.165, 1.54) is 6.08 Å². The van der Waals surface area contributed by atoms with Gasteiger partial charge in [0.2, 0.25) is 5.91 Å². The Bertz CT molecular complexity index is 1210. The number of carbonyl (C=O) groups is 2. The first kappa shape index (κ1) is 16.5. The van der Waals surface area contributed by atoms with Gasteiger partial charge in [-0.05, 0) is 30.3 Å². The molecule has 0 aliphatic heterocycles. The van der Waals surface area contributed by atoms with Crippen molar-refractivity contribution in [1.82, 2.24) is 9.97 Å². The van der Waals surface area contributed by atoms with Gasteiger partial charge in [0.05, 0.1) is 28.7 Å². The van der Waals surface area contributed by atoms with E-state index < -0.39 is 5.91 Å². The fraction of sp³-hybridized carbons (Fsp3) is 0. The average molecular weight is 356 g/mol. The van der Waals surface area contributed by atoms with E-state index >= 15 is 0 Å². The summed E-state index contributed by atoms with van der Waals surface area (Å²) in [6, 6.07) is 16.5. The number of hydrogen-bond acceptors (Lipinski definition) is 3. The molecule has 0 spiro atoms. The van der Waals surface area contributed by atoms with Gasteiger partial charge in [0.1, 0.15) is 0 Å². The van der Waals surface area contributed by atoms with Gasteiger partial charge in [0, 0.05) is 22.4 Å². The molecule has 2 aromatic carbocycles. The zero-order chi connectivity index (χ0) is 18.8. The maximum absolute atomic E-state index is 12.2. The summed E-state index contributed by atoms with van der Waals surface area (Å²) in [7, 11) is 0. The highest BCUT2D eigenvalue weighted by molar-refractivity contribution is 6.09. The van der Waals surface area contributed by atoms with Gasteiger partial charge in [-0.3, -0.25) is 14.6 Å². The Balaban J connectivity index is 1.58. The lowest BCUT2D eigenvalue weighted by Gasteiger charge is -2.06. The quantitative estimate of drug-likeness (QED) is 0.488. The van der Waals surface area contributed by atoms with E-state index in [1.807, 2.05) is 30.3 Å². The predicted molar refractivity (Wildman–Crippen MR) is 106 cm³/mol. The van der Waals surface area contributed by atoms with E-state index in [-0.39, 0.29) is 11.5 Å². The minimum absolute atomic E-state index is 0.262. The number of rotatable bonds is 4. The van der Waals surface area contributed by atoms with Crippen molar-refractivity contribution in [3.63, 3.8) is 0 Å². The van der Waals surface area contributed by atoms with Crippen LogP contribution >= 0.6 is 0 Å². The van der Waals surface area contributed by atoms with Crippen LogP contribution in [-0.4, -0.2) is 21.8 Å². The number of aromatic amines is 1. The van der Waals surface area contributed by atoms with E-state index in [9.17, 15) is 9.59 Å². The van der Waals surface area contributed by atoms with Crippen molar-refractivity contribution >= 4 is 45.4 Å². The number of H-pyrrole nitrogens is 1. The van der Waals surface area contributed by atoms with Crippen molar-refractivity contribution < 1.29 is 9.59 Å². The van der Waals surface area contributed by atoms with Crippen LogP contribution in [0.3, 0.4) is 0 Å². The van der Waals surface area contributed by atoms with Crippen molar-refractivity contribution in [2.45, 2.75) is 0 Å². The number of amides is 2. The molecule has 4 rings (SSSR count). The fourth-order valence-electron chi connectivity index (χ4n) is 3.00. The molecule has 0 aliphatic rings. The van der Waals surface area contributed by atoms with Gasteiger partial charge in [0.25, 0.3) is 5.91 Å². The van der Waals surface area contributed by atoms with Gasteiger partial charge in [-0.25, -0.2) is 0 Å². The Hall–Kier alpha value is -3.93. The number of anilines is 1. The van der Waals surface area contributed by atoms with Crippen molar-refractivity contribution in [3.8, 4) is 0 Å². The molecule has 0 atom stereocenters. The average Bonchev–Trinajstić information content (AvgIpc) is 3.04. The molecule has 0 saturated heterocycles. The third kappa shape index (κ3) is 3.28. The highest BCUT2D eigenvalue weighted by Gasteiger charge is 2.09. The highest BCUT2D eigenvalue weighted by atomic mass is 16.2. The maximum Gasteiger partial charge on any atom is 0.250 e. The summed E-state index contributed by atoms with van der Waals surface area (Å²) >= 11 is 0. The zero-order valence-electron chi connectivity index (χ0n) is 14.3. The molecule has 0 bridgehead atoms. The number of benzene rings is 2. The van der Waals surface area contributed by atoms with Gasteiger partial charge < -0.3 is 16.0 Å². The molecule has 6 nitrogen and oxygen atoms in total. The van der Waals surface area contributed by atoms with Crippen LogP contribution in [-0.2, 0) is 4.79 Å². The van der Waals surface area contributed by atoms with Gasteiger partial charge in [-0.15, -0.1) is 0 Å². The van der Waals surface area contributed by atoms with Crippen LogP contribution in [0.25, 0.3) is 27.9 Å². The van der Waals surface area contributed by atoms with Crippen molar-refractivity contribution in [1.29, 1.82) is 0 Å². The number of aromatic nitrogens is 2. The highest BCUT2D eigenvalue weighted by Crippen LogP contribution is 2.25. The number of para-hydroxylation sites is 2. The topological polar surface area (TPSA) is 101 Å². The Morgan fingerprint density at radius 3 is 2.63 bits per heavy atom. The molecular weight excluding hydrogens is 340 g/mol. The molecule has 4 aromatic rings. The first-order valence-electron chi connectivity index (χ1n) is 8.36. The lowest BCUT2D eigenvalue weighted by atomic mass is 10.1. The fourth-order valence-corrected chi connectivity index (χ4v) is 3.00. The first-order chi connectivity index (χ1) is 13.1. The normalized spacial score (nSPS) is 11.3. The summed E-state index contributed by atoms with van der Waals surface area (Å²) in [5.41, 5.74) is 8.59. The number of pyridine rings is 1. The van der Waals surface area contributed by atoms with Crippen LogP contribution in [0, 0.1) is 0 Å². The summed E-state index contributed by atoms with van der Waals surface area (Å²) in [5.74, 6) is -0.967. The predicted octanol–water partition coefficient (Wildman–Crippen LogP) is 3.47. The molecule has 4 N–H and O–H groups in total. The Morgan fingerprint density at radius 1 is 1.00 bits per heavy atom. The molecule has 0 unspecified atom stereocenters. The summed E-state index contributed by atoms with van der Waals surface area (Å²) < 4.78 is 0. The third-order valence-electron chi connectivity index (χ3n) is 4.27. The smallest absolute Gasteiger partial charge is 0.250 e. The van der Waals surface area contributed by atoms with Crippen LogP contribution in [0.15, 0.2) is 66.9 Å². The van der Waals surface area contributed by atoms with E-state index in [4.69, 9.17) is 5.73 Å². The minimum atomic E-state index is -0.596. The second-order valence-corrected chi connectivity index (χ2v) is 6.06. The number of primary amides is 1. The number of hydrogen-bond donors (Lipinski definition) is 3. The van der Waals surface area contributed by atoms with Crippen LogP contribution < -0.4 is 11.1 Å². The number of fused-ring (bicyclic) bond motifs is 3. The van der Waals surface area contributed by atoms with E-state index in [2.05, 4.69) is 15.3 Å². The monoisotopic (exact) mass is 356 g/mol. The van der Waals surface area contributed by atoms with Gasteiger partial charge >= 0.3 is 0 Å².